The summed E-state index contributed by atoms with van der Waals surface area (Å²) in [7, 11) is 0. The fourth-order valence-electron chi connectivity index (χ4n) is 4.87. The van der Waals surface area contributed by atoms with Gasteiger partial charge in [0.15, 0.2) is 0 Å². The second kappa shape index (κ2) is 10.7. The Morgan fingerprint density at radius 3 is 1.43 bits per heavy atom. The summed E-state index contributed by atoms with van der Waals surface area (Å²) in [5.41, 5.74) is 0. The average molecular weight is 292 g/mol. The lowest BCUT2D eigenvalue weighted by molar-refractivity contribution is 0.184. The minimum Gasteiger partial charge on any atom is -0.0654 e. The molecule has 0 atom stereocenters. The average Bonchev–Trinajstić information content (AvgIpc) is 2.41. The van der Waals surface area contributed by atoms with E-state index in [2.05, 4.69) is 13.3 Å². The van der Waals surface area contributed by atoms with Crippen molar-refractivity contribution < 1.29 is 0 Å². The van der Waals surface area contributed by atoms with Crippen molar-refractivity contribution >= 4 is 0 Å². The molecule has 2 aliphatic carbocycles. The molecule has 0 aromatic rings. The fourth-order valence-corrected chi connectivity index (χ4v) is 4.87. The zero-order valence-corrected chi connectivity index (χ0v) is 14.6. The van der Waals surface area contributed by atoms with Crippen LogP contribution < -0.4 is 0 Å². The second-order valence-corrected chi connectivity index (χ2v) is 7.81. The second-order valence-electron chi connectivity index (χ2n) is 7.81. The first kappa shape index (κ1) is 17.4. The summed E-state index contributed by atoms with van der Waals surface area (Å²) in [6.45, 7) is 2.35. The first-order valence-electron chi connectivity index (χ1n) is 10.2. The van der Waals surface area contributed by atoms with Crippen molar-refractivity contribution in [2.45, 2.75) is 110 Å². The Balaban J connectivity index is 1.95. The van der Waals surface area contributed by atoms with E-state index in [0.29, 0.717) is 0 Å². The fraction of sp³-hybridized carbons (Fsp3) is 0.952. The first-order valence-corrected chi connectivity index (χ1v) is 10.2. The quantitative estimate of drug-likeness (QED) is 0.497. The van der Waals surface area contributed by atoms with Gasteiger partial charge in [-0.3, -0.25) is 0 Å². The molecule has 2 aliphatic rings. The molecule has 123 valence electrons. The van der Waals surface area contributed by atoms with Gasteiger partial charge in [-0.1, -0.05) is 110 Å². The molecule has 2 fully saturated rings. The van der Waals surface area contributed by atoms with Gasteiger partial charge in [-0.05, 0) is 24.2 Å². The molecule has 0 amide bonds. The van der Waals surface area contributed by atoms with Crippen molar-refractivity contribution in [1.82, 2.24) is 0 Å². The van der Waals surface area contributed by atoms with Crippen molar-refractivity contribution in [2.24, 2.45) is 17.8 Å². The molecule has 0 aliphatic heterocycles. The van der Waals surface area contributed by atoms with Crippen LogP contribution in [0.15, 0.2) is 0 Å². The van der Waals surface area contributed by atoms with Crippen LogP contribution in [0.5, 0.6) is 0 Å². The molecule has 0 aromatic heterocycles. The van der Waals surface area contributed by atoms with E-state index in [0.717, 1.165) is 17.8 Å². The molecule has 2 saturated carbocycles. The molecule has 0 unspecified atom stereocenters. The molecule has 0 saturated heterocycles. The predicted molar refractivity (Wildman–Crippen MR) is 94.3 cm³/mol. The van der Waals surface area contributed by atoms with Crippen LogP contribution >= 0.6 is 0 Å². The van der Waals surface area contributed by atoms with Crippen LogP contribution in [0.4, 0.5) is 0 Å². The molecule has 0 heteroatoms. The lowest BCUT2D eigenvalue weighted by Gasteiger charge is -2.36. The molecule has 0 spiro atoms. The summed E-state index contributed by atoms with van der Waals surface area (Å²) in [5.74, 6) is 3.02. The van der Waals surface area contributed by atoms with Gasteiger partial charge in [0.25, 0.3) is 0 Å². The van der Waals surface area contributed by atoms with E-state index in [1.165, 1.54) is 103 Å². The SMILES string of the molecule is CCC[CH]C(C1CCCCCCC1)C1CCCCCCC1. The van der Waals surface area contributed by atoms with Crippen molar-refractivity contribution in [3.8, 4) is 0 Å². The molecule has 0 bridgehead atoms. The molecule has 1 radical (unpaired) electrons. The highest BCUT2D eigenvalue weighted by molar-refractivity contribution is 4.88. The van der Waals surface area contributed by atoms with Crippen molar-refractivity contribution in [3.63, 3.8) is 0 Å². The van der Waals surface area contributed by atoms with E-state index in [1.54, 1.807) is 0 Å². The van der Waals surface area contributed by atoms with Crippen LogP contribution in [0.25, 0.3) is 0 Å². The van der Waals surface area contributed by atoms with E-state index >= 15 is 0 Å². The largest absolute Gasteiger partial charge is 0.0654 e. The highest BCUT2D eigenvalue weighted by Crippen LogP contribution is 2.40. The maximum absolute atomic E-state index is 2.78. The molecule has 0 N–H and O–H groups in total. The molecule has 2 rings (SSSR count). The van der Waals surface area contributed by atoms with E-state index in [4.69, 9.17) is 0 Å². The minimum atomic E-state index is 0.959. The molecule has 0 nitrogen and oxygen atoms in total. The Morgan fingerprint density at radius 1 is 0.667 bits per heavy atom. The van der Waals surface area contributed by atoms with Gasteiger partial charge in [-0.15, -0.1) is 0 Å². The lowest BCUT2D eigenvalue weighted by atomic mass is 9.69. The Morgan fingerprint density at radius 2 is 1.05 bits per heavy atom. The third kappa shape index (κ3) is 6.33. The van der Waals surface area contributed by atoms with Crippen LogP contribution in [0.3, 0.4) is 0 Å². The highest BCUT2D eigenvalue weighted by Gasteiger charge is 2.29. The number of hydrogen-bond acceptors (Lipinski definition) is 0. The zero-order valence-electron chi connectivity index (χ0n) is 14.6. The summed E-state index contributed by atoms with van der Waals surface area (Å²) >= 11 is 0. The van der Waals surface area contributed by atoms with Gasteiger partial charge in [0.2, 0.25) is 0 Å². The summed E-state index contributed by atoms with van der Waals surface area (Å²) in [6.07, 6.45) is 26.6. The van der Waals surface area contributed by atoms with Crippen molar-refractivity contribution in [2.75, 3.05) is 0 Å². The van der Waals surface area contributed by atoms with Crippen LogP contribution in [0.1, 0.15) is 110 Å². The van der Waals surface area contributed by atoms with E-state index < -0.39 is 0 Å². The van der Waals surface area contributed by atoms with Gasteiger partial charge >= 0.3 is 0 Å². The third-order valence-corrected chi connectivity index (χ3v) is 6.12. The Labute approximate surface area is 134 Å². The third-order valence-electron chi connectivity index (χ3n) is 6.12. The maximum atomic E-state index is 2.78. The van der Waals surface area contributed by atoms with Gasteiger partial charge in [0.05, 0.1) is 0 Å². The van der Waals surface area contributed by atoms with Crippen LogP contribution in [-0.2, 0) is 0 Å². The lowest BCUT2D eigenvalue weighted by Crippen LogP contribution is -2.26. The molecule has 0 aromatic carbocycles. The van der Waals surface area contributed by atoms with Crippen LogP contribution in [0.2, 0.25) is 0 Å². The molecule has 0 heterocycles. The Hall–Kier alpha value is 0. The van der Waals surface area contributed by atoms with E-state index in [1.807, 2.05) is 0 Å². The zero-order chi connectivity index (χ0) is 14.8. The normalized spacial score (nSPS) is 24.3. The predicted octanol–water partition coefficient (Wildman–Crippen LogP) is 7.33. The summed E-state index contributed by atoms with van der Waals surface area (Å²) in [5, 5.41) is 0. The topological polar surface area (TPSA) is 0 Å². The maximum Gasteiger partial charge on any atom is -0.0326 e. The summed E-state index contributed by atoms with van der Waals surface area (Å²) in [6, 6.07) is 0. The van der Waals surface area contributed by atoms with Crippen molar-refractivity contribution in [3.05, 3.63) is 6.42 Å². The van der Waals surface area contributed by atoms with E-state index in [9.17, 15) is 0 Å². The summed E-state index contributed by atoms with van der Waals surface area (Å²) in [4.78, 5) is 0. The number of unbranched alkanes of at least 4 members (excludes halogenated alkanes) is 1. The monoisotopic (exact) mass is 291 g/mol. The van der Waals surface area contributed by atoms with Gasteiger partial charge in [-0.25, -0.2) is 0 Å². The standard InChI is InChI=1S/C21H39/c1-2-3-18-21(19-14-10-6-4-7-11-15-19)20-16-12-8-5-9-13-17-20/h18-21H,2-17H2,1H3. The van der Waals surface area contributed by atoms with E-state index in [-0.39, 0.29) is 0 Å². The smallest absolute Gasteiger partial charge is 0.0326 e. The van der Waals surface area contributed by atoms with Crippen LogP contribution in [-0.4, -0.2) is 0 Å². The number of rotatable bonds is 5. The first-order chi connectivity index (χ1) is 10.4. The van der Waals surface area contributed by atoms with Gasteiger partial charge in [0.1, 0.15) is 0 Å². The number of hydrogen-bond donors (Lipinski definition) is 0. The van der Waals surface area contributed by atoms with Gasteiger partial charge < -0.3 is 0 Å². The van der Waals surface area contributed by atoms with Gasteiger partial charge in [-0.2, -0.15) is 0 Å². The molecular weight excluding hydrogens is 252 g/mol. The van der Waals surface area contributed by atoms with Crippen molar-refractivity contribution in [1.29, 1.82) is 0 Å². The summed E-state index contributed by atoms with van der Waals surface area (Å²) < 4.78 is 0. The molecule has 21 heavy (non-hydrogen) atoms. The van der Waals surface area contributed by atoms with Gasteiger partial charge in [0, 0.05) is 0 Å². The minimum absolute atomic E-state index is 0.959. The Kier molecular flexibility index (Phi) is 8.83. The van der Waals surface area contributed by atoms with Crippen LogP contribution in [0, 0.1) is 24.2 Å². The molecular formula is C21H39. The highest BCUT2D eigenvalue weighted by atomic mass is 14.3. The Bertz CT molecular complexity index is 206.